The number of hydrogen-bond donors (Lipinski definition) is 3. The van der Waals surface area contributed by atoms with Crippen LogP contribution < -0.4 is 16.4 Å². The third-order valence-electron chi connectivity index (χ3n) is 2.93. The van der Waals surface area contributed by atoms with E-state index in [1.807, 2.05) is 12.1 Å². The van der Waals surface area contributed by atoms with Crippen LogP contribution in [0.25, 0.3) is 10.1 Å². The van der Waals surface area contributed by atoms with Crippen LogP contribution in [0.5, 0.6) is 0 Å². The van der Waals surface area contributed by atoms with E-state index in [2.05, 4.69) is 10.6 Å². The molecule has 0 bridgehead atoms. The molecule has 5 heteroatoms. The Balaban J connectivity index is 2.20. The van der Waals surface area contributed by atoms with E-state index in [0.717, 1.165) is 30.7 Å². The van der Waals surface area contributed by atoms with Gasteiger partial charge in [0.05, 0.1) is 5.69 Å². The van der Waals surface area contributed by atoms with E-state index in [0.29, 0.717) is 5.56 Å². The Morgan fingerprint density at radius 2 is 2.24 bits per heavy atom. The van der Waals surface area contributed by atoms with Crippen molar-refractivity contribution < 1.29 is 4.79 Å². The smallest absolute Gasteiger partial charge is 0.248 e. The zero-order valence-corrected chi connectivity index (χ0v) is 10.1. The monoisotopic (exact) mass is 247 g/mol. The molecule has 4 nitrogen and oxygen atoms in total. The highest BCUT2D eigenvalue weighted by Crippen LogP contribution is 2.36. The molecule has 0 unspecified atom stereocenters. The molecule has 0 spiro atoms. The zero-order chi connectivity index (χ0) is 11.8. The molecule has 1 aliphatic heterocycles. The van der Waals surface area contributed by atoms with Crippen LogP contribution in [-0.4, -0.2) is 19.0 Å². The summed E-state index contributed by atoms with van der Waals surface area (Å²) in [5, 5.41) is 7.87. The molecule has 2 heterocycles. The Labute approximate surface area is 103 Å². The highest BCUT2D eigenvalue weighted by atomic mass is 32.1. The molecular formula is C12H13N3OS. The lowest BCUT2D eigenvalue weighted by atomic mass is 10.1. The van der Waals surface area contributed by atoms with Gasteiger partial charge in [-0.15, -0.1) is 11.3 Å². The summed E-state index contributed by atoms with van der Waals surface area (Å²) in [6, 6.07) is 5.63. The van der Waals surface area contributed by atoms with Crippen molar-refractivity contribution in [3.05, 3.63) is 28.6 Å². The molecule has 2 aromatic rings. The number of anilines is 1. The molecule has 4 N–H and O–H groups in total. The fraction of sp³-hybridized carbons (Fsp3) is 0.250. The first-order chi connectivity index (χ1) is 8.25. The van der Waals surface area contributed by atoms with Gasteiger partial charge in [0.15, 0.2) is 0 Å². The summed E-state index contributed by atoms with van der Waals surface area (Å²) in [5.41, 5.74) is 7.03. The van der Waals surface area contributed by atoms with Gasteiger partial charge in [0, 0.05) is 40.2 Å². The highest BCUT2D eigenvalue weighted by molar-refractivity contribution is 7.19. The van der Waals surface area contributed by atoms with Crippen molar-refractivity contribution in [2.75, 3.05) is 18.4 Å². The van der Waals surface area contributed by atoms with E-state index < -0.39 is 0 Å². The van der Waals surface area contributed by atoms with Gasteiger partial charge in [0.2, 0.25) is 5.91 Å². The molecule has 0 saturated heterocycles. The minimum Gasteiger partial charge on any atom is -0.382 e. The van der Waals surface area contributed by atoms with Crippen LogP contribution in [0.3, 0.4) is 0 Å². The molecule has 0 aliphatic carbocycles. The second-order valence-corrected chi connectivity index (χ2v) is 5.22. The van der Waals surface area contributed by atoms with Gasteiger partial charge in [-0.05, 0) is 18.2 Å². The van der Waals surface area contributed by atoms with Gasteiger partial charge in [-0.25, -0.2) is 0 Å². The van der Waals surface area contributed by atoms with Gasteiger partial charge in [-0.2, -0.15) is 0 Å². The molecule has 17 heavy (non-hydrogen) atoms. The molecule has 0 atom stereocenters. The maximum Gasteiger partial charge on any atom is 0.248 e. The van der Waals surface area contributed by atoms with Crippen LogP contribution in [0.4, 0.5) is 5.69 Å². The second-order valence-electron chi connectivity index (χ2n) is 4.08. The summed E-state index contributed by atoms with van der Waals surface area (Å²) in [4.78, 5) is 12.5. The van der Waals surface area contributed by atoms with Crippen LogP contribution in [0.1, 0.15) is 15.2 Å². The average Bonchev–Trinajstić information content (AvgIpc) is 2.51. The number of nitrogens with one attached hydrogen (secondary N) is 2. The van der Waals surface area contributed by atoms with Crippen molar-refractivity contribution >= 4 is 33.0 Å². The number of amides is 1. The van der Waals surface area contributed by atoms with Gasteiger partial charge in [0.25, 0.3) is 0 Å². The fourth-order valence-corrected chi connectivity index (χ4v) is 3.23. The number of carbonyl (C=O) groups is 1. The molecule has 1 aromatic heterocycles. The second kappa shape index (κ2) is 4.01. The van der Waals surface area contributed by atoms with Crippen LogP contribution in [-0.2, 0) is 6.54 Å². The highest BCUT2D eigenvalue weighted by Gasteiger charge is 2.15. The molecule has 1 aliphatic rings. The molecule has 88 valence electrons. The van der Waals surface area contributed by atoms with E-state index >= 15 is 0 Å². The minimum absolute atomic E-state index is 0.376. The molecule has 1 aromatic carbocycles. The van der Waals surface area contributed by atoms with Crippen molar-refractivity contribution in [2.24, 2.45) is 5.73 Å². The van der Waals surface area contributed by atoms with Crippen LogP contribution >= 0.6 is 11.3 Å². The summed E-state index contributed by atoms with van der Waals surface area (Å²) in [6.45, 7) is 2.74. The normalized spacial score (nSPS) is 15.1. The summed E-state index contributed by atoms with van der Waals surface area (Å²) in [7, 11) is 0. The quantitative estimate of drug-likeness (QED) is 0.715. The summed E-state index contributed by atoms with van der Waals surface area (Å²) >= 11 is 1.76. The Kier molecular flexibility index (Phi) is 2.49. The van der Waals surface area contributed by atoms with Crippen LogP contribution in [0, 0.1) is 0 Å². The van der Waals surface area contributed by atoms with Crippen molar-refractivity contribution in [1.82, 2.24) is 5.32 Å². The number of nitrogens with two attached hydrogens (primary N) is 1. The third kappa shape index (κ3) is 1.77. The number of thiophene rings is 1. The largest absolute Gasteiger partial charge is 0.382 e. The lowest BCUT2D eigenvalue weighted by Gasteiger charge is -2.03. The van der Waals surface area contributed by atoms with Gasteiger partial charge in [-0.3, -0.25) is 4.79 Å². The molecule has 0 saturated carbocycles. The number of hydrogen-bond acceptors (Lipinski definition) is 4. The molecule has 1 amide bonds. The number of fused-ring (bicyclic) bond motifs is 3. The molecule has 3 rings (SSSR count). The number of carbonyl (C=O) groups excluding carboxylic acids is 1. The Hall–Kier alpha value is -1.59. The van der Waals surface area contributed by atoms with Gasteiger partial charge in [-0.1, -0.05) is 0 Å². The summed E-state index contributed by atoms with van der Waals surface area (Å²) in [6.07, 6.45) is 0. The Bertz CT molecular complexity index is 591. The van der Waals surface area contributed by atoms with E-state index in [1.54, 1.807) is 17.4 Å². The fourth-order valence-electron chi connectivity index (χ4n) is 2.10. The van der Waals surface area contributed by atoms with Crippen LogP contribution in [0.15, 0.2) is 18.2 Å². The lowest BCUT2D eigenvalue weighted by Crippen LogP contribution is -2.17. The first-order valence-electron chi connectivity index (χ1n) is 5.55. The van der Waals surface area contributed by atoms with Gasteiger partial charge < -0.3 is 16.4 Å². The van der Waals surface area contributed by atoms with E-state index in [-0.39, 0.29) is 5.91 Å². The Morgan fingerprint density at radius 3 is 3.06 bits per heavy atom. The zero-order valence-electron chi connectivity index (χ0n) is 9.25. The maximum atomic E-state index is 11.2. The predicted octanol–water partition coefficient (Wildman–Crippen LogP) is 1.52. The van der Waals surface area contributed by atoms with E-state index in [4.69, 9.17) is 5.73 Å². The molecule has 0 fully saturated rings. The molecular weight excluding hydrogens is 234 g/mol. The SMILES string of the molecule is NC(=O)c1ccc2sc3c(c2c1)NCCNC3. The average molecular weight is 247 g/mol. The van der Waals surface area contributed by atoms with Crippen LogP contribution in [0.2, 0.25) is 0 Å². The first kappa shape index (κ1) is 10.6. The lowest BCUT2D eigenvalue weighted by molar-refractivity contribution is 0.100. The van der Waals surface area contributed by atoms with Gasteiger partial charge >= 0.3 is 0 Å². The number of benzene rings is 1. The summed E-state index contributed by atoms with van der Waals surface area (Å²) in [5.74, 6) is -0.376. The van der Waals surface area contributed by atoms with Crippen molar-refractivity contribution in [3.63, 3.8) is 0 Å². The van der Waals surface area contributed by atoms with E-state index in [9.17, 15) is 4.79 Å². The third-order valence-corrected chi connectivity index (χ3v) is 4.11. The standard InChI is InChI=1S/C12H13N3OS/c13-12(16)7-1-2-9-8(5-7)11-10(17-9)6-14-3-4-15-11/h1-2,5,14-15H,3-4,6H2,(H2,13,16). The Morgan fingerprint density at radius 1 is 1.35 bits per heavy atom. The molecule has 0 radical (unpaired) electrons. The van der Waals surface area contributed by atoms with Crippen molar-refractivity contribution in [3.8, 4) is 0 Å². The number of rotatable bonds is 1. The first-order valence-corrected chi connectivity index (χ1v) is 6.37. The minimum atomic E-state index is -0.376. The van der Waals surface area contributed by atoms with Crippen molar-refractivity contribution in [1.29, 1.82) is 0 Å². The predicted molar refractivity (Wildman–Crippen MR) is 70.5 cm³/mol. The maximum absolute atomic E-state index is 11.2. The topological polar surface area (TPSA) is 67.2 Å². The van der Waals surface area contributed by atoms with Gasteiger partial charge in [0.1, 0.15) is 0 Å². The summed E-state index contributed by atoms with van der Waals surface area (Å²) < 4.78 is 1.19. The number of primary amides is 1. The van der Waals surface area contributed by atoms with Crippen molar-refractivity contribution in [2.45, 2.75) is 6.54 Å². The van der Waals surface area contributed by atoms with E-state index in [1.165, 1.54) is 9.58 Å².